The van der Waals surface area contributed by atoms with Gasteiger partial charge in [-0.1, -0.05) is 31.4 Å². The maximum atomic E-state index is 4.18. The highest BCUT2D eigenvalue weighted by molar-refractivity contribution is 5.75. The lowest BCUT2D eigenvalue weighted by atomic mass is 10.0. The van der Waals surface area contributed by atoms with Crippen molar-refractivity contribution in [2.45, 2.75) is 6.92 Å². The van der Waals surface area contributed by atoms with E-state index in [1.54, 1.807) is 18.3 Å². The van der Waals surface area contributed by atoms with Crippen LogP contribution in [0, 0.1) is 0 Å². The van der Waals surface area contributed by atoms with Gasteiger partial charge in [-0.15, -0.1) is 0 Å². The molecule has 1 rings (SSSR count). The van der Waals surface area contributed by atoms with Gasteiger partial charge in [0, 0.05) is 11.8 Å². The zero-order valence-electron chi connectivity index (χ0n) is 7.88. The predicted molar refractivity (Wildman–Crippen MR) is 59.1 cm³/mol. The fourth-order valence-electron chi connectivity index (χ4n) is 1.24. The number of pyridine rings is 1. The molecule has 0 bridgehead atoms. The Morgan fingerprint density at radius 3 is 2.54 bits per heavy atom. The summed E-state index contributed by atoms with van der Waals surface area (Å²) >= 11 is 0. The molecular weight excluding hydrogens is 158 g/mol. The smallest absolute Gasteiger partial charge is 0.0701 e. The van der Waals surface area contributed by atoms with Crippen LogP contribution in [0.5, 0.6) is 0 Å². The van der Waals surface area contributed by atoms with Gasteiger partial charge in [0.1, 0.15) is 0 Å². The fourth-order valence-corrected chi connectivity index (χ4v) is 1.24. The summed E-state index contributed by atoms with van der Waals surface area (Å²) in [6, 6.07) is 1.94. The van der Waals surface area contributed by atoms with Crippen molar-refractivity contribution in [3.05, 3.63) is 48.8 Å². The Kier molecular flexibility index (Phi) is 2.80. The molecule has 0 aliphatic rings. The molecule has 0 unspecified atom stereocenters. The average Bonchev–Trinajstić information content (AvgIpc) is 2.16. The SMILES string of the molecule is C=Cc1nccc(C(=C)C)c1C=C. The van der Waals surface area contributed by atoms with Crippen molar-refractivity contribution < 1.29 is 0 Å². The van der Waals surface area contributed by atoms with Gasteiger partial charge >= 0.3 is 0 Å². The van der Waals surface area contributed by atoms with E-state index < -0.39 is 0 Å². The van der Waals surface area contributed by atoms with E-state index in [0.29, 0.717) is 0 Å². The van der Waals surface area contributed by atoms with Gasteiger partial charge in [0.05, 0.1) is 5.69 Å². The topological polar surface area (TPSA) is 12.9 Å². The summed E-state index contributed by atoms with van der Waals surface area (Å²) in [6.45, 7) is 13.3. The lowest BCUT2D eigenvalue weighted by Gasteiger charge is -2.07. The molecule has 0 spiro atoms. The van der Waals surface area contributed by atoms with Crippen LogP contribution in [-0.2, 0) is 0 Å². The van der Waals surface area contributed by atoms with Gasteiger partial charge in [-0.3, -0.25) is 4.98 Å². The second-order valence-corrected chi connectivity index (χ2v) is 2.85. The van der Waals surface area contributed by atoms with Gasteiger partial charge in [0.15, 0.2) is 0 Å². The van der Waals surface area contributed by atoms with Crippen LogP contribution in [0.4, 0.5) is 0 Å². The first kappa shape index (κ1) is 9.46. The van der Waals surface area contributed by atoms with Crippen LogP contribution >= 0.6 is 0 Å². The molecule has 1 aromatic rings. The van der Waals surface area contributed by atoms with Gasteiger partial charge in [-0.2, -0.15) is 0 Å². The predicted octanol–water partition coefficient (Wildman–Crippen LogP) is 3.40. The van der Waals surface area contributed by atoms with E-state index >= 15 is 0 Å². The van der Waals surface area contributed by atoms with Crippen LogP contribution in [0.1, 0.15) is 23.7 Å². The van der Waals surface area contributed by atoms with E-state index in [9.17, 15) is 0 Å². The third kappa shape index (κ3) is 1.75. The van der Waals surface area contributed by atoms with E-state index in [4.69, 9.17) is 0 Å². The minimum absolute atomic E-state index is 0.857. The zero-order chi connectivity index (χ0) is 9.84. The summed E-state index contributed by atoms with van der Waals surface area (Å²) < 4.78 is 0. The number of allylic oxidation sites excluding steroid dienone is 1. The molecule has 0 atom stereocenters. The Balaban J connectivity index is 3.43. The number of rotatable bonds is 3. The van der Waals surface area contributed by atoms with Gasteiger partial charge in [0.25, 0.3) is 0 Å². The van der Waals surface area contributed by atoms with Crippen molar-refractivity contribution in [1.82, 2.24) is 4.98 Å². The van der Waals surface area contributed by atoms with Crippen molar-refractivity contribution in [2.75, 3.05) is 0 Å². The lowest BCUT2D eigenvalue weighted by Crippen LogP contribution is -1.91. The second-order valence-electron chi connectivity index (χ2n) is 2.85. The Morgan fingerprint density at radius 1 is 1.38 bits per heavy atom. The molecule has 0 aromatic carbocycles. The van der Waals surface area contributed by atoms with Gasteiger partial charge in [-0.25, -0.2) is 0 Å². The molecule has 0 fully saturated rings. The Bertz CT molecular complexity index is 361. The average molecular weight is 171 g/mol. The third-order valence-electron chi connectivity index (χ3n) is 1.88. The van der Waals surface area contributed by atoms with Crippen LogP contribution in [0.3, 0.4) is 0 Å². The highest BCUT2D eigenvalue weighted by atomic mass is 14.7. The molecule has 66 valence electrons. The first-order valence-electron chi connectivity index (χ1n) is 4.10. The standard InChI is InChI=1S/C12H13N/c1-5-10-11(9(3)4)7-8-13-12(10)6-2/h5-8H,1-3H2,4H3. The second kappa shape index (κ2) is 3.85. The van der Waals surface area contributed by atoms with Gasteiger partial charge < -0.3 is 0 Å². The number of aromatic nitrogens is 1. The molecule has 1 nitrogen and oxygen atoms in total. The largest absolute Gasteiger partial charge is 0.256 e. The molecule has 0 aliphatic heterocycles. The highest BCUT2D eigenvalue weighted by Gasteiger charge is 2.03. The Hall–Kier alpha value is -1.63. The fraction of sp³-hybridized carbons (Fsp3) is 0.0833. The molecule has 13 heavy (non-hydrogen) atoms. The van der Waals surface area contributed by atoms with Crippen molar-refractivity contribution >= 4 is 17.7 Å². The van der Waals surface area contributed by atoms with Crippen molar-refractivity contribution in [3.63, 3.8) is 0 Å². The minimum atomic E-state index is 0.857. The zero-order valence-corrected chi connectivity index (χ0v) is 7.88. The number of hydrogen-bond donors (Lipinski definition) is 0. The summed E-state index contributed by atoms with van der Waals surface area (Å²) in [5, 5.41) is 0. The Morgan fingerprint density at radius 2 is 2.08 bits per heavy atom. The number of nitrogens with zero attached hydrogens (tertiary/aromatic N) is 1. The van der Waals surface area contributed by atoms with Crippen molar-refractivity contribution in [2.24, 2.45) is 0 Å². The summed E-state index contributed by atoms with van der Waals surface area (Å²) in [5.74, 6) is 0. The molecule has 1 heterocycles. The monoisotopic (exact) mass is 171 g/mol. The minimum Gasteiger partial charge on any atom is -0.256 e. The summed E-state index contributed by atoms with van der Waals surface area (Å²) in [4.78, 5) is 4.18. The molecule has 0 radical (unpaired) electrons. The first-order valence-corrected chi connectivity index (χ1v) is 4.10. The Labute approximate surface area is 79.1 Å². The molecule has 1 heteroatoms. The van der Waals surface area contributed by atoms with E-state index in [-0.39, 0.29) is 0 Å². The van der Waals surface area contributed by atoms with Crippen molar-refractivity contribution in [1.29, 1.82) is 0 Å². The highest BCUT2D eigenvalue weighted by Crippen LogP contribution is 2.20. The first-order chi connectivity index (χ1) is 6.20. The summed E-state index contributed by atoms with van der Waals surface area (Å²) in [7, 11) is 0. The molecular formula is C12H13N. The molecule has 0 amide bonds. The summed E-state index contributed by atoms with van der Waals surface area (Å²) in [6.07, 6.45) is 5.27. The van der Waals surface area contributed by atoms with E-state index in [2.05, 4.69) is 24.7 Å². The van der Waals surface area contributed by atoms with Crippen LogP contribution in [0.15, 0.2) is 32.0 Å². The maximum absolute atomic E-state index is 4.18. The maximum Gasteiger partial charge on any atom is 0.0701 e. The molecule has 0 saturated heterocycles. The van der Waals surface area contributed by atoms with Crippen LogP contribution in [0.25, 0.3) is 17.7 Å². The van der Waals surface area contributed by atoms with Gasteiger partial charge in [-0.05, 0) is 24.6 Å². The van der Waals surface area contributed by atoms with E-state index in [0.717, 1.165) is 22.4 Å². The molecule has 0 saturated carbocycles. The van der Waals surface area contributed by atoms with Crippen molar-refractivity contribution in [3.8, 4) is 0 Å². The summed E-state index contributed by atoms with van der Waals surface area (Å²) in [5.41, 5.74) is 3.96. The third-order valence-corrected chi connectivity index (χ3v) is 1.88. The van der Waals surface area contributed by atoms with Gasteiger partial charge in [0.2, 0.25) is 0 Å². The molecule has 1 aromatic heterocycles. The normalized spacial score (nSPS) is 9.31. The lowest BCUT2D eigenvalue weighted by molar-refractivity contribution is 1.27. The quantitative estimate of drug-likeness (QED) is 0.679. The van der Waals surface area contributed by atoms with E-state index in [1.165, 1.54) is 0 Å². The van der Waals surface area contributed by atoms with Crippen LogP contribution < -0.4 is 0 Å². The van der Waals surface area contributed by atoms with E-state index in [1.807, 2.05) is 13.0 Å². The molecule has 0 N–H and O–H groups in total. The van der Waals surface area contributed by atoms with Crippen LogP contribution in [0.2, 0.25) is 0 Å². The number of hydrogen-bond acceptors (Lipinski definition) is 1. The van der Waals surface area contributed by atoms with Crippen LogP contribution in [-0.4, -0.2) is 4.98 Å². The molecule has 0 aliphatic carbocycles.